The molecule has 0 bridgehead atoms. The van der Waals surface area contributed by atoms with E-state index in [0.717, 1.165) is 0 Å². The van der Waals surface area contributed by atoms with Gasteiger partial charge in [0.05, 0.1) is 0 Å². The van der Waals surface area contributed by atoms with Gasteiger partial charge in [-0.2, -0.15) is 8.42 Å². The summed E-state index contributed by atoms with van der Waals surface area (Å²) < 4.78 is 25.8. The van der Waals surface area contributed by atoms with Gasteiger partial charge in [-0.1, -0.05) is 6.07 Å². The zero-order valence-electron chi connectivity index (χ0n) is 9.08. The minimum atomic E-state index is -3.55. The maximum atomic E-state index is 12.2. The Bertz CT molecular complexity index is 581. The highest BCUT2D eigenvalue weighted by Gasteiger charge is 2.20. The van der Waals surface area contributed by atoms with Crippen molar-refractivity contribution in [3.63, 3.8) is 0 Å². The molecule has 5 heteroatoms. The maximum Gasteiger partial charge on any atom is 0.285 e. The molecule has 0 unspecified atom stereocenters. The summed E-state index contributed by atoms with van der Waals surface area (Å²) in [5.41, 5.74) is 1.37. The summed E-state index contributed by atoms with van der Waals surface area (Å²) in [7, 11) is -3.55. The highest BCUT2D eigenvalue weighted by atomic mass is 32.2. The fraction of sp³-hybridized carbons (Fsp3) is 0.182. The van der Waals surface area contributed by atoms with Crippen LogP contribution in [-0.4, -0.2) is 17.4 Å². The lowest BCUT2D eigenvalue weighted by Gasteiger charge is -2.09. The van der Waals surface area contributed by atoms with Crippen LogP contribution in [-0.2, 0) is 10.0 Å². The summed E-state index contributed by atoms with van der Waals surface area (Å²) in [6.45, 7) is 3.51. The molecular formula is C11H12N2O2S. The molecule has 0 N–H and O–H groups in total. The van der Waals surface area contributed by atoms with Crippen LogP contribution < -0.4 is 0 Å². The Hall–Kier alpha value is -1.62. The van der Waals surface area contributed by atoms with Gasteiger partial charge < -0.3 is 0 Å². The number of pyridine rings is 1. The van der Waals surface area contributed by atoms with Crippen LogP contribution in [0, 0.1) is 13.8 Å². The van der Waals surface area contributed by atoms with E-state index in [-0.39, 0.29) is 5.03 Å². The van der Waals surface area contributed by atoms with Crippen molar-refractivity contribution in [2.24, 2.45) is 0 Å². The van der Waals surface area contributed by atoms with Crippen molar-refractivity contribution >= 4 is 10.0 Å². The molecule has 0 aliphatic heterocycles. The Morgan fingerprint density at radius 2 is 1.69 bits per heavy atom. The summed E-state index contributed by atoms with van der Waals surface area (Å²) in [6, 6.07) is 8.39. The minimum Gasteiger partial charge on any atom is -0.243 e. The summed E-state index contributed by atoms with van der Waals surface area (Å²) >= 11 is 0. The van der Waals surface area contributed by atoms with E-state index in [1.54, 1.807) is 38.1 Å². The van der Waals surface area contributed by atoms with Gasteiger partial charge in [-0.3, -0.25) is 0 Å². The van der Waals surface area contributed by atoms with Crippen LogP contribution in [0.1, 0.15) is 11.4 Å². The number of rotatable bonds is 2. The predicted molar refractivity (Wildman–Crippen MR) is 60.7 cm³/mol. The average Bonchev–Trinajstić information content (AvgIpc) is 2.60. The van der Waals surface area contributed by atoms with E-state index in [1.807, 2.05) is 0 Å². The van der Waals surface area contributed by atoms with Crippen molar-refractivity contribution in [2.45, 2.75) is 18.9 Å². The molecule has 2 rings (SSSR count). The number of aromatic nitrogens is 2. The van der Waals surface area contributed by atoms with Gasteiger partial charge in [0.15, 0.2) is 5.03 Å². The van der Waals surface area contributed by atoms with Gasteiger partial charge in [0.2, 0.25) is 0 Å². The molecule has 2 aromatic rings. The van der Waals surface area contributed by atoms with Gasteiger partial charge in [0, 0.05) is 17.6 Å². The summed E-state index contributed by atoms with van der Waals surface area (Å²) in [4.78, 5) is 3.88. The van der Waals surface area contributed by atoms with Crippen molar-refractivity contribution in [3.8, 4) is 0 Å². The lowest BCUT2D eigenvalue weighted by atomic mass is 10.5. The first-order valence-corrected chi connectivity index (χ1v) is 6.29. The van der Waals surface area contributed by atoms with Crippen LogP contribution in [0.5, 0.6) is 0 Å². The first-order chi connectivity index (χ1) is 7.53. The molecule has 84 valence electrons. The molecule has 0 fully saturated rings. The smallest absolute Gasteiger partial charge is 0.243 e. The predicted octanol–water partition coefficient (Wildman–Crippen LogP) is 1.74. The van der Waals surface area contributed by atoms with E-state index < -0.39 is 10.0 Å². The van der Waals surface area contributed by atoms with Gasteiger partial charge in [-0.15, -0.1) is 0 Å². The molecule has 0 atom stereocenters. The van der Waals surface area contributed by atoms with Crippen LogP contribution >= 0.6 is 0 Å². The molecule has 0 saturated heterocycles. The second-order valence-electron chi connectivity index (χ2n) is 3.55. The van der Waals surface area contributed by atoms with Crippen LogP contribution in [0.3, 0.4) is 0 Å². The molecular weight excluding hydrogens is 224 g/mol. The lowest BCUT2D eigenvalue weighted by Crippen LogP contribution is -2.16. The number of aryl methyl sites for hydroxylation is 2. The SMILES string of the molecule is Cc1ccc(C)n1S(=O)(=O)c1ccccn1. The molecule has 0 spiro atoms. The molecule has 4 nitrogen and oxygen atoms in total. The zero-order chi connectivity index (χ0) is 11.8. The molecule has 16 heavy (non-hydrogen) atoms. The second kappa shape index (κ2) is 3.75. The summed E-state index contributed by atoms with van der Waals surface area (Å²) in [5, 5.41) is 0.0670. The number of hydrogen-bond acceptors (Lipinski definition) is 3. The van der Waals surface area contributed by atoms with E-state index in [0.29, 0.717) is 11.4 Å². The third-order valence-corrected chi connectivity index (χ3v) is 4.18. The monoisotopic (exact) mass is 236 g/mol. The van der Waals surface area contributed by atoms with E-state index in [1.165, 1.54) is 16.2 Å². The highest BCUT2D eigenvalue weighted by Crippen LogP contribution is 2.16. The van der Waals surface area contributed by atoms with Gasteiger partial charge in [-0.25, -0.2) is 8.96 Å². The zero-order valence-corrected chi connectivity index (χ0v) is 9.90. The second-order valence-corrected chi connectivity index (χ2v) is 5.29. The molecule has 0 radical (unpaired) electrons. The minimum absolute atomic E-state index is 0.0670. The van der Waals surface area contributed by atoms with Crippen molar-refractivity contribution in [2.75, 3.05) is 0 Å². The lowest BCUT2D eigenvalue weighted by molar-refractivity contribution is 0.581. The number of hydrogen-bond donors (Lipinski definition) is 0. The van der Waals surface area contributed by atoms with Gasteiger partial charge in [-0.05, 0) is 38.1 Å². The fourth-order valence-corrected chi connectivity index (χ4v) is 3.14. The summed E-state index contributed by atoms with van der Waals surface area (Å²) in [6.07, 6.45) is 1.47. The van der Waals surface area contributed by atoms with Crippen LogP contribution in [0.15, 0.2) is 41.6 Å². The third-order valence-electron chi connectivity index (χ3n) is 2.35. The Balaban J connectivity index is 2.66. The van der Waals surface area contributed by atoms with E-state index in [9.17, 15) is 8.42 Å². The first kappa shape index (κ1) is 10.9. The van der Waals surface area contributed by atoms with Crippen molar-refractivity contribution in [3.05, 3.63) is 47.9 Å². The average molecular weight is 236 g/mol. The van der Waals surface area contributed by atoms with Crippen LogP contribution in [0.4, 0.5) is 0 Å². The quantitative estimate of drug-likeness (QED) is 0.798. The fourth-order valence-electron chi connectivity index (χ4n) is 1.63. The molecule has 0 amide bonds. The standard InChI is InChI=1S/C11H12N2O2S/c1-9-6-7-10(2)13(9)16(14,15)11-5-3-4-8-12-11/h3-8H,1-2H3. The molecule has 0 aliphatic carbocycles. The summed E-state index contributed by atoms with van der Waals surface area (Å²) in [5.74, 6) is 0. The molecule has 2 aromatic heterocycles. The van der Waals surface area contributed by atoms with Crippen LogP contribution in [0.25, 0.3) is 0 Å². The Labute approximate surface area is 94.6 Å². The Morgan fingerprint density at radius 3 is 2.19 bits per heavy atom. The van der Waals surface area contributed by atoms with E-state index in [2.05, 4.69) is 4.98 Å². The first-order valence-electron chi connectivity index (χ1n) is 4.85. The number of nitrogens with zero attached hydrogens (tertiary/aromatic N) is 2. The molecule has 2 heterocycles. The highest BCUT2D eigenvalue weighted by molar-refractivity contribution is 7.89. The van der Waals surface area contributed by atoms with Crippen molar-refractivity contribution in [1.82, 2.24) is 8.96 Å². The maximum absolute atomic E-state index is 12.2. The Morgan fingerprint density at radius 1 is 1.06 bits per heavy atom. The largest absolute Gasteiger partial charge is 0.285 e. The van der Waals surface area contributed by atoms with Gasteiger partial charge in [0.1, 0.15) is 0 Å². The third kappa shape index (κ3) is 1.63. The molecule has 0 aromatic carbocycles. The topological polar surface area (TPSA) is 52.0 Å². The van der Waals surface area contributed by atoms with Gasteiger partial charge in [0.25, 0.3) is 10.0 Å². The van der Waals surface area contributed by atoms with Gasteiger partial charge >= 0.3 is 0 Å². The van der Waals surface area contributed by atoms with Crippen molar-refractivity contribution < 1.29 is 8.42 Å². The normalized spacial score (nSPS) is 11.6. The van der Waals surface area contributed by atoms with Crippen LogP contribution in [0.2, 0.25) is 0 Å². The Kier molecular flexibility index (Phi) is 2.55. The van der Waals surface area contributed by atoms with E-state index >= 15 is 0 Å². The van der Waals surface area contributed by atoms with E-state index in [4.69, 9.17) is 0 Å². The van der Waals surface area contributed by atoms with Crippen molar-refractivity contribution in [1.29, 1.82) is 0 Å². The molecule has 0 saturated carbocycles. The molecule has 0 aliphatic rings.